The van der Waals surface area contributed by atoms with Gasteiger partial charge in [-0.2, -0.15) is 13.2 Å². The van der Waals surface area contributed by atoms with Gasteiger partial charge in [-0.1, -0.05) is 0 Å². The zero-order valence-corrected chi connectivity index (χ0v) is 19.6. The van der Waals surface area contributed by atoms with Crippen LogP contribution < -0.4 is 5.32 Å². The van der Waals surface area contributed by atoms with E-state index in [-0.39, 0.29) is 29.5 Å². The lowest BCUT2D eigenvalue weighted by atomic mass is 9.83. The van der Waals surface area contributed by atoms with Crippen molar-refractivity contribution in [2.75, 3.05) is 32.8 Å². The number of morpholine rings is 1. The lowest BCUT2D eigenvalue weighted by Gasteiger charge is -2.43. The van der Waals surface area contributed by atoms with Crippen LogP contribution in [0.1, 0.15) is 24.1 Å². The zero-order valence-electron chi connectivity index (χ0n) is 19.6. The SMILES string of the molecule is N=C/C=C(/C1=NC2=CCN=CC(C3CC3)C2C(N2CCOC3CNCC32)=N1)c1c[nH]c(C(F)(F)F)c1. The minimum atomic E-state index is -4.50. The largest absolute Gasteiger partial charge is 0.431 e. The number of ether oxygens (including phenoxy) is 1. The predicted molar refractivity (Wildman–Crippen MR) is 132 cm³/mol. The highest BCUT2D eigenvalue weighted by Crippen LogP contribution is 2.45. The zero-order chi connectivity index (χ0) is 24.9. The summed E-state index contributed by atoms with van der Waals surface area (Å²) in [5.74, 6) is 1.83. The molecule has 0 radical (unpaired) electrons. The lowest BCUT2D eigenvalue weighted by Crippen LogP contribution is -2.56. The fourth-order valence-corrected chi connectivity index (χ4v) is 5.69. The molecule has 0 spiro atoms. The third-order valence-electron chi connectivity index (χ3n) is 7.56. The first-order valence-corrected chi connectivity index (χ1v) is 12.4. The highest BCUT2D eigenvalue weighted by molar-refractivity contribution is 6.29. The number of nitrogens with zero attached hydrogens (tertiary/aromatic N) is 4. The molecule has 11 heteroatoms. The number of aliphatic imine (C=N–C) groups is 3. The number of amidine groups is 2. The molecule has 0 bridgehead atoms. The molecule has 2 saturated heterocycles. The second kappa shape index (κ2) is 9.11. The molecule has 1 saturated carbocycles. The molecule has 36 heavy (non-hydrogen) atoms. The maximum absolute atomic E-state index is 13.3. The monoisotopic (exact) mass is 499 g/mol. The number of H-pyrrole nitrogens is 1. The number of halogens is 3. The molecule has 190 valence electrons. The predicted octanol–water partition coefficient (Wildman–Crippen LogP) is 3.16. The highest BCUT2D eigenvalue weighted by Gasteiger charge is 2.47. The fraction of sp³-hybridized carbons (Fsp3) is 0.520. The summed E-state index contributed by atoms with van der Waals surface area (Å²) in [5, 5.41) is 11.1. The third-order valence-corrected chi connectivity index (χ3v) is 7.56. The molecule has 1 aliphatic carbocycles. The average molecular weight is 500 g/mol. The highest BCUT2D eigenvalue weighted by atomic mass is 19.4. The van der Waals surface area contributed by atoms with Gasteiger partial charge in [0, 0.05) is 55.3 Å². The summed E-state index contributed by atoms with van der Waals surface area (Å²) < 4.78 is 45.9. The van der Waals surface area contributed by atoms with E-state index in [1.165, 1.54) is 12.3 Å². The Morgan fingerprint density at radius 2 is 2.08 bits per heavy atom. The van der Waals surface area contributed by atoms with Crippen molar-refractivity contribution < 1.29 is 17.9 Å². The van der Waals surface area contributed by atoms with Crippen molar-refractivity contribution in [3.63, 3.8) is 0 Å². The number of hydrogen-bond donors (Lipinski definition) is 3. The molecule has 4 atom stereocenters. The first-order valence-electron chi connectivity index (χ1n) is 12.4. The number of aromatic nitrogens is 1. The topological polar surface area (TPSA) is 101 Å². The van der Waals surface area contributed by atoms with E-state index in [9.17, 15) is 13.2 Å². The standard InChI is InChI=1S/C25H28F3N7O/c26-25(27,28)21-9-15(10-32-21)16(3-5-29)23-33-18-4-6-30-11-17(14-1-2-14)22(18)24(34-23)35-7-8-36-20-13-31-12-19(20)35/h3-5,9-11,14,17,19-20,22,29,31-32H,1-2,6-8,12-13H2/b16-3+,29-5?. The van der Waals surface area contributed by atoms with Crippen LogP contribution in [0.15, 0.2) is 45.1 Å². The van der Waals surface area contributed by atoms with Crippen LogP contribution in [0.5, 0.6) is 0 Å². The third kappa shape index (κ3) is 4.24. The van der Waals surface area contributed by atoms with Crippen LogP contribution >= 0.6 is 0 Å². The molecule has 6 rings (SSSR count). The minimum absolute atomic E-state index is 0.0608. The number of aromatic amines is 1. The molecular formula is C25H28F3N7O. The summed E-state index contributed by atoms with van der Waals surface area (Å²) in [6, 6.07) is 1.17. The molecule has 4 aliphatic heterocycles. The molecular weight excluding hydrogens is 471 g/mol. The molecule has 1 aromatic rings. The fourth-order valence-electron chi connectivity index (χ4n) is 5.69. The van der Waals surface area contributed by atoms with Crippen LogP contribution in [0.2, 0.25) is 0 Å². The van der Waals surface area contributed by atoms with Crippen LogP contribution in [0.4, 0.5) is 13.2 Å². The normalized spacial score (nSPS) is 30.7. The smallest absolute Gasteiger partial charge is 0.373 e. The second-order valence-corrected chi connectivity index (χ2v) is 9.82. The van der Waals surface area contributed by atoms with E-state index in [0.717, 1.165) is 49.7 Å². The lowest BCUT2D eigenvalue weighted by molar-refractivity contribution is -0.140. The molecule has 0 aromatic carbocycles. The Kier molecular flexibility index (Phi) is 5.91. The summed E-state index contributed by atoms with van der Waals surface area (Å²) in [6.45, 7) is 3.32. The second-order valence-electron chi connectivity index (χ2n) is 9.82. The van der Waals surface area contributed by atoms with Crippen LogP contribution in [0, 0.1) is 23.2 Å². The van der Waals surface area contributed by atoms with Crippen molar-refractivity contribution in [2.24, 2.45) is 32.7 Å². The summed E-state index contributed by atoms with van der Waals surface area (Å²) in [7, 11) is 0. The first kappa shape index (κ1) is 23.4. The Hall–Kier alpha value is -3.05. The van der Waals surface area contributed by atoms with E-state index in [2.05, 4.69) is 26.4 Å². The van der Waals surface area contributed by atoms with Crippen LogP contribution in [-0.2, 0) is 10.9 Å². The summed E-state index contributed by atoms with van der Waals surface area (Å²) >= 11 is 0. The van der Waals surface area contributed by atoms with Crippen LogP contribution in [0.25, 0.3) is 5.57 Å². The summed E-state index contributed by atoms with van der Waals surface area (Å²) in [5.41, 5.74) is 0.658. The average Bonchev–Trinajstić information content (AvgIpc) is 3.42. The van der Waals surface area contributed by atoms with Crippen molar-refractivity contribution >= 4 is 29.7 Å². The van der Waals surface area contributed by atoms with Gasteiger partial charge >= 0.3 is 6.18 Å². The van der Waals surface area contributed by atoms with Gasteiger partial charge in [-0.25, -0.2) is 9.98 Å². The van der Waals surface area contributed by atoms with Gasteiger partial charge in [0.25, 0.3) is 0 Å². The Labute approximate surface area is 206 Å². The van der Waals surface area contributed by atoms with E-state index >= 15 is 0 Å². The number of fused-ring (bicyclic) bond motifs is 2. The summed E-state index contributed by atoms with van der Waals surface area (Å²) in [4.78, 5) is 19.2. The Bertz CT molecular complexity index is 1190. The van der Waals surface area contributed by atoms with Crippen LogP contribution in [0.3, 0.4) is 0 Å². The maximum Gasteiger partial charge on any atom is 0.431 e. The Morgan fingerprint density at radius 1 is 1.22 bits per heavy atom. The van der Waals surface area contributed by atoms with Gasteiger partial charge in [-0.15, -0.1) is 0 Å². The van der Waals surface area contributed by atoms with E-state index in [1.54, 1.807) is 0 Å². The van der Waals surface area contributed by atoms with Gasteiger partial charge in [0.2, 0.25) is 0 Å². The molecule has 5 aliphatic rings. The Morgan fingerprint density at radius 3 is 2.83 bits per heavy atom. The quantitative estimate of drug-likeness (QED) is 0.555. The number of alkyl halides is 3. The molecule has 3 fully saturated rings. The summed E-state index contributed by atoms with van der Waals surface area (Å²) in [6.07, 6.45) is 5.71. The number of hydrogen-bond acceptors (Lipinski definition) is 7. The van der Waals surface area contributed by atoms with Gasteiger partial charge in [0.05, 0.1) is 36.9 Å². The molecule has 5 heterocycles. The van der Waals surface area contributed by atoms with Crippen molar-refractivity contribution in [2.45, 2.75) is 31.2 Å². The van der Waals surface area contributed by atoms with Gasteiger partial charge in [-0.3, -0.25) is 4.99 Å². The van der Waals surface area contributed by atoms with Crippen molar-refractivity contribution in [3.05, 3.63) is 41.4 Å². The maximum atomic E-state index is 13.3. The van der Waals surface area contributed by atoms with Gasteiger partial charge in [0.15, 0.2) is 5.84 Å². The molecule has 8 nitrogen and oxygen atoms in total. The van der Waals surface area contributed by atoms with Gasteiger partial charge in [0.1, 0.15) is 11.5 Å². The van der Waals surface area contributed by atoms with Crippen LogP contribution in [-0.4, -0.2) is 78.9 Å². The molecule has 1 aromatic heterocycles. The van der Waals surface area contributed by atoms with E-state index in [1.807, 2.05) is 6.08 Å². The van der Waals surface area contributed by atoms with E-state index in [4.69, 9.17) is 20.1 Å². The first-order chi connectivity index (χ1) is 17.4. The van der Waals surface area contributed by atoms with Crippen molar-refractivity contribution in [1.82, 2.24) is 15.2 Å². The number of rotatable bonds is 4. The van der Waals surface area contributed by atoms with Gasteiger partial charge < -0.3 is 25.3 Å². The van der Waals surface area contributed by atoms with E-state index in [0.29, 0.717) is 37.0 Å². The molecule has 4 unspecified atom stereocenters. The molecule has 3 N–H and O–H groups in total. The van der Waals surface area contributed by atoms with Crippen molar-refractivity contribution in [3.8, 4) is 0 Å². The van der Waals surface area contributed by atoms with Crippen molar-refractivity contribution in [1.29, 1.82) is 5.41 Å². The Balaban J connectivity index is 1.45. The number of allylic oxidation sites excluding steroid dienone is 1. The van der Waals surface area contributed by atoms with E-state index < -0.39 is 11.9 Å². The minimum Gasteiger partial charge on any atom is -0.373 e. The van der Waals surface area contributed by atoms with Gasteiger partial charge in [-0.05, 0) is 37.0 Å². The molecule has 0 amide bonds. The number of nitrogens with one attached hydrogen (secondary N) is 3.